The van der Waals surface area contributed by atoms with Gasteiger partial charge in [-0.25, -0.2) is 15.0 Å². The maximum absolute atomic E-state index is 12.8. The van der Waals surface area contributed by atoms with Crippen LogP contribution in [0.15, 0.2) is 54.6 Å². The lowest BCUT2D eigenvalue weighted by Gasteiger charge is -2.16. The fraction of sp³-hybridized carbons (Fsp3) is 0.321. The first-order chi connectivity index (χ1) is 18.9. The number of unbranched alkanes of at least 4 members (excludes halogenated alkanes) is 1. The number of anilines is 4. The van der Waals surface area contributed by atoms with Crippen LogP contribution in [0.3, 0.4) is 0 Å². The molecule has 0 unspecified atom stereocenters. The average molecular weight is 530 g/mol. The number of carbonyl (C=O) groups is 4. The molecule has 4 N–H and O–H groups in total. The van der Waals surface area contributed by atoms with Crippen molar-refractivity contribution in [3.63, 3.8) is 0 Å². The third-order valence-corrected chi connectivity index (χ3v) is 6.26. The third-order valence-electron chi connectivity index (χ3n) is 6.26. The minimum absolute atomic E-state index is 0.00752. The Kier molecular flexibility index (Phi) is 9.28. The fourth-order valence-electron chi connectivity index (χ4n) is 4.20. The zero-order chi connectivity index (χ0) is 27.6. The van der Waals surface area contributed by atoms with E-state index in [1.165, 1.54) is 18.2 Å². The summed E-state index contributed by atoms with van der Waals surface area (Å²) in [5.41, 5.74) is 0.0150. The maximum Gasteiger partial charge on any atom is 0.275 e. The second kappa shape index (κ2) is 13.2. The molecule has 11 nitrogen and oxygen atoms in total. The van der Waals surface area contributed by atoms with Gasteiger partial charge >= 0.3 is 0 Å². The van der Waals surface area contributed by atoms with Crippen LogP contribution in [-0.4, -0.2) is 38.6 Å². The van der Waals surface area contributed by atoms with E-state index < -0.39 is 11.8 Å². The predicted octanol–water partition coefficient (Wildman–Crippen LogP) is 4.63. The predicted molar refractivity (Wildman–Crippen MR) is 147 cm³/mol. The quantitative estimate of drug-likeness (QED) is 0.385. The largest absolute Gasteiger partial charge is 0.311 e. The first-order valence-electron chi connectivity index (χ1n) is 13.0. The van der Waals surface area contributed by atoms with Gasteiger partial charge in [0.05, 0.1) is 0 Å². The van der Waals surface area contributed by atoms with Gasteiger partial charge in [0.15, 0.2) is 0 Å². The number of hydrogen-bond donors (Lipinski definition) is 4. The van der Waals surface area contributed by atoms with Crippen LogP contribution in [0.4, 0.5) is 23.3 Å². The van der Waals surface area contributed by atoms with E-state index >= 15 is 0 Å². The van der Waals surface area contributed by atoms with Crippen molar-refractivity contribution in [3.05, 3.63) is 66.0 Å². The molecule has 0 atom stereocenters. The first-order valence-corrected chi connectivity index (χ1v) is 13.0. The molecule has 0 saturated heterocycles. The van der Waals surface area contributed by atoms with Crippen LogP contribution in [0.25, 0.3) is 0 Å². The number of amides is 4. The molecule has 4 amide bonds. The van der Waals surface area contributed by atoms with Crippen molar-refractivity contribution in [3.8, 4) is 0 Å². The van der Waals surface area contributed by atoms with E-state index in [1.807, 2.05) is 0 Å². The molecule has 0 radical (unpaired) electrons. The number of nitrogens with zero attached hydrogens (tertiary/aromatic N) is 3. The summed E-state index contributed by atoms with van der Waals surface area (Å²) in [5, 5.41) is 10.9. The van der Waals surface area contributed by atoms with Gasteiger partial charge in [0.2, 0.25) is 11.8 Å². The van der Waals surface area contributed by atoms with Gasteiger partial charge in [-0.3, -0.25) is 19.2 Å². The van der Waals surface area contributed by atoms with Gasteiger partial charge in [-0.2, -0.15) is 0 Å². The Bertz CT molecular complexity index is 1270. The van der Waals surface area contributed by atoms with Crippen LogP contribution in [0, 0.1) is 5.92 Å². The molecular formula is C28H31N7O4. The molecule has 202 valence electrons. The van der Waals surface area contributed by atoms with Crippen molar-refractivity contribution in [2.45, 2.75) is 51.9 Å². The van der Waals surface area contributed by atoms with Crippen LogP contribution in [0.1, 0.15) is 72.8 Å². The molecule has 1 aliphatic rings. The maximum atomic E-state index is 12.8. The van der Waals surface area contributed by atoms with E-state index in [-0.39, 0.29) is 53.6 Å². The van der Waals surface area contributed by atoms with E-state index in [1.54, 1.807) is 36.4 Å². The van der Waals surface area contributed by atoms with Crippen LogP contribution >= 0.6 is 0 Å². The highest BCUT2D eigenvalue weighted by molar-refractivity contribution is 6.06. The molecule has 4 heterocycles. The molecule has 0 spiro atoms. The molecule has 0 aliphatic carbocycles. The van der Waals surface area contributed by atoms with Crippen molar-refractivity contribution in [2.75, 3.05) is 21.3 Å². The Balaban J connectivity index is 1.59. The molecule has 1 aliphatic heterocycles. The van der Waals surface area contributed by atoms with Crippen molar-refractivity contribution < 1.29 is 19.2 Å². The van der Waals surface area contributed by atoms with Gasteiger partial charge in [-0.15, -0.1) is 0 Å². The molecule has 11 heteroatoms. The summed E-state index contributed by atoms with van der Waals surface area (Å²) in [5.74, 6) is -0.250. The fourth-order valence-corrected chi connectivity index (χ4v) is 4.20. The van der Waals surface area contributed by atoms with E-state index in [0.717, 1.165) is 19.3 Å². The van der Waals surface area contributed by atoms with Gasteiger partial charge in [0.25, 0.3) is 11.8 Å². The van der Waals surface area contributed by atoms with E-state index in [2.05, 4.69) is 43.1 Å². The van der Waals surface area contributed by atoms with E-state index in [9.17, 15) is 19.2 Å². The topological polar surface area (TPSA) is 155 Å². The number of pyridine rings is 3. The Labute approximate surface area is 226 Å². The average Bonchev–Trinajstić information content (AvgIpc) is 2.92. The van der Waals surface area contributed by atoms with Gasteiger partial charge in [0.1, 0.15) is 34.7 Å². The molecule has 0 aromatic carbocycles. The Hall–Kier alpha value is -4.67. The lowest BCUT2D eigenvalue weighted by atomic mass is 9.92. The summed E-state index contributed by atoms with van der Waals surface area (Å²) in [7, 11) is 0. The Morgan fingerprint density at radius 1 is 0.641 bits per heavy atom. The monoisotopic (exact) mass is 529 g/mol. The molecule has 39 heavy (non-hydrogen) atoms. The lowest BCUT2D eigenvalue weighted by Crippen LogP contribution is -2.20. The molecule has 3 aromatic rings. The van der Waals surface area contributed by atoms with Gasteiger partial charge in [-0.1, -0.05) is 44.4 Å². The molecule has 0 fully saturated rings. The van der Waals surface area contributed by atoms with Crippen molar-refractivity contribution in [1.29, 1.82) is 0 Å². The van der Waals surface area contributed by atoms with Crippen molar-refractivity contribution >= 4 is 46.9 Å². The second-order valence-corrected chi connectivity index (χ2v) is 9.31. The minimum atomic E-state index is -0.565. The molecule has 4 rings (SSSR count). The van der Waals surface area contributed by atoms with Crippen LogP contribution in [0.2, 0.25) is 0 Å². The minimum Gasteiger partial charge on any atom is -0.311 e. The molecule has 6 bridgehead atoms. The number of fused-ring (bicyclic) bond motifs is 6. The van der Waals surface area contributed by atoms with Crippen LogP contribution in [0.5, 0.6) is 0 Å². The SMILES string of the molecule is CCCCC1CCC(=O)Nc2cccc(n2)NC(=O)c2cccc(n2)C(=O)Nc2cccc(n2)NC(=O)CC1. The molecular weight excluding hydrogens is 498 g/mol. The van der Waals surface area contributed by atoms with Crippen LogP contribution < -0.4 is 21.3 Å². The molecule has 3 aromatic heterocycles. The third kappa shape index (κ3) is 8.16. The standard InChI is InChI=1S/C28H31N7O4/c1-2-3-7-18-14-16-25(36)32-21-10-5-12-23(30-21)34-27(38)19-8-4-9-20(29-19)28(39)35-24-13-6-11-22(31-24)33-26(37)17-15-18/h4-6,8-13,18H,2-3,7,14-17H2,1H3,(H2,30,32,34,36,38)(H2,31,33,35,37,39). The Morgan fingerprint density at radius 2 is 1.08 bits per heavy atom. The van der Waals surface area contributed by atoms with E-state index in [0.29, 0.717) is 24.5 Å². The highest BCUT2D eigenvalue weighted by atomic mass is 16.2. The first kappa shape index (κ1) is 27.4. The van der Waals surface area contributed by atoms with Gasteiger partial charge in [0, 0.05) is 12.8 Å². The number of nitrogens with one attached hydrogen (secondary N) is 4. The number of rotatable bonds is 3. The summed E-state index contributed by atoms with van der Waals surface area (Å²) in [4.78, 5) is 63.7. The molecule has 0 saturated carbocycles. The van der Waals surface area contributed by atoms with E-state index in [4.69, 9.17) is 0 Å². The highest BCUT2D eigenvalue weighted by Crippen LogP contribution is 2.22. The summed E-state index contributed by atoms with van der Waals surface area (Å²) in [6.07, 6.45) is 4.80. The number of hydrogen-bond acceptors (Lipinski definition) is 7. The number of aromatic nitrogens is 3. The zero-order valence-corrected chi connectivity index (χ0v) is 21.7. The Morgan fingerprint density at radius 3 is 1.54 bits per heavy atom. The summed E-state index contributed by atoms with van der Waals surface area (Å²) in [6, 6.07) is 14.3. The zero-order valence-electron chi connectivity index (χ0n) is 21.7. The summed E-state index contributed by atoms with van der Waals surface area (Å²) >= 11 is 0. The second-order valence-electron chi connectivity index (χ2n) is 9.31. The number of carbonyl (C=O) groups excluding carboxylic acids is 4. The summed E-state index contributed by atoms with van der Waals surface area (Å²) < 4.78 is 0. The van der Waals surface area contributed by atoms with Gasteiger partial charge in [-0.05, 0) is 55.2 Å². The highest BCUT2D eigenvalue weighted by Gasteiger charge is 2.17. The summed E-state index contributed by atoms with van der Waals surface area (Å²) in [6.45, 7) is 2.11. The lowest BCUT2D eigenvalue weighted by molar-refractivity contribution is -0.116. The van der Waals surface area contributed by atoms with Crippen molar-refractivity contribution in [2.24, 2.45) is 5.92 Å². The van der Waals surface area contributed by atoms with Crippen molar-refractivity contribution in [1.82, 2.24) is 15.0 Å². The normalized spacial score (nSPS) is 15.6. The van der Waals surface area contributed by atoms with Crippen LogP contribution in [-0.2, 0) is 9.59 Å². The smallest absolute Gasteiger partial charge is 0.275 e. The van der Waals surface area contributed by atoms with Gasteiger partial charge < -0.3 is 21.3 Å².